The van der Waals surface area contributed by atoms with E-state index in [1.807, 2.05) is 42.2 Å². The molecule has 6 rings (SSSR count). The molecule has 4 heterocycles. The van der Waals surface area contributed by atoms with Gasteiger partial charge in [0.25, 0.3) is 0 Å². The van der Waals surface area contributed by atoms with E-state index in [-0.39, 0.29) is 18.0 Å². The lowest BCUT2D eigenvalue weighted by Gasteiger charge is -2.43. The minimum absolute atomic E-state index is 0.125. The number of aryl methyl sites for hydroxylation is 1. The Morgan fingerprint density at radius 3 is 2.54 bits per heavy atom. The summed E-state index contributed by atoms with van der Waals surface area (Å²) in [6.45, 7) is 10.7. The van der Waals surface area contributed by atoms with Gasteiger partial charge in [-0.05, 0) is 61.9 Å². The first-order valence-corrected chi connectivity index (χ1v) is 14.1. The zero-order chi connectivity index (χ0) is 28.7. The van der Waals surface area contributed by atoms with Crippen molar-refractivity contribution in [2.75, 3.05) is 66.8 Å². The third-order valence-corrected chi connectivity index (χ3v) is 8.37. The van der Waals surface area contributed by atoms with Crippen LogP contribution in [0.3, 0.4) is 0 Å². The molecule has 3 aliphatic rings. The summed E-state index contributed by atoms with van der Waals surface area (Å²) in [4.78, 5) is 45.6. The molecule has 1 aromatic heterocycles. The number of carbonyl (C=O) groups excluding carboxylic acids is 2. The number of hydrogen-bond donors (Lipinski definition) is 1. The first kappa shape index (κ1) is 26.8. The summed E-state index contributed by atoms with van der Waals surface area (Å²) < 4.78 is 0. The number of nitrogens with zero attached hydrogens (tertiary/aromatic N) is 7. The molecule has 1 fully saturated rings. The van der Waals surface area contributed by atoms with Crippen molar-refractivity contribution in [1.82, 2.24) is 19.8 Å². The lowest BCUT2D eigenvalue weighted by molar-refractivity contribution is -0.114. The Kier molecular flexibility index (Phi) is 7.08. The zero-order valence-electron chi connectivity index (χ0n) is 23.9. The van der Waals surface area contributed by atoms with Gasteiger partial charge in [0.1, 0.15) is 5.82 Å². The number of likely N-dealkylation sites (N-methyl/N-ethyl adjacent to an activating group) is 1. The second kappa shape index (κ2) is 10.9. The van der Waals surface area contributed by atoms with Crippen molar-refractivity contribution in [3.8, 4) is 0 Å². The number of rotatable bonds is 5. The smallest absolute Gasteiger partial charge is 0.326 e. The standard InChI is InChI=1S/C31H36N8O2/c1-5-27(40)38-14-13-26(25-8-6-7-21(2)28(25)38)39-20-22-19-32-30(34-29(22)36(4)31(39)41)33-23-9-11-24(12-10-23)37-17-15-35(3)16-18-37/h5-12,19,26H,1,13-18,20H2,2-4H3,(H,32,33,34)/t26-/m0/s1. The topological polar surface area (TPSA) is 88.2 Å². The Morgan fingerprint density at radius 1 is 1.05 bits per heavy atom. The van der Waals surface area contributed by atoms with Gasteiger partial charge in [-0.1, -0.05) is 24.8 Å². The fraction of sp³-hybridized carbons (Fsp3) is 0.355. The number of nitrogens with one attached hydrogen (secondary N) is 1. The molecule has 3 aliphatic heterocycles. The Bertz CT molecular complexity index is 1480. The maximum absolute atomic E-state index is 13.7. The van der Waals surface area contributed by atoms with E-state index >= 15 is 0 Å². The molecule has 2 aromatic carbocycles. The molecule has 0 bridgehead atoms. The molecule has 1 saturated heterocycles. The van der Waals surface area contributed by atoms with Crippen molar-refractivity contribution in [3.63, 3.8) is 0 Å². The summed E-state index contributed by atoms with van der Waals surface area (Å²) in [6.07, 6.45) is 3.78. The summed E-state index contributed by atoms with van der Waals surface area (Å²) in [6, 6.07) is 14.0. The van der Waals surface area contributed by atoms with Crippen LogP contribution in [-0.2, 0) is 11.3 Å². The van der Waals surface area contributed by atoms with Gasteiger partial charge >= 0.3 is 6.03 Å². The molecule has 0 aliphatic carbocycles. The minimum atomic E-state index is -0.168. The van der Waals surface area contributed by atoms with Crippen LogP contribution in [-0.4, -0.2) is 78.5 Å². The van der Waals surface area contributed by atoms with E-state index in [2.05, 4.69) is 45.9 Å². The summed E-state index contributed by atoms with van der Waals surface area (Å²) >= 11 is 0. The predicted octanol–water partition coefficient (Wildman–Crippen LogP) is 4.32. The molecular weight excluding hydrogens is 516 g/mol. The van der Waals surface area contributed by atoms with E-state index in [0.29, 0.717) is 31.3 Å². The fourth-order valence-electron chi connectivity index (χ4n) is 6.08. The molecule has 0 unspecified atom stereocenters. The first-order chi connectivity index (χ1) is 19.8. The molecule has 212 valence electrons. The van der Waals surface area contributed by atoms with Gasteiger partial charge in [0.2, 0.25) is 11.9 Å². The van der Waals surface area contributed by atoms with E-state index in [4.69, 9.17) is 4.98 Å². The summed E-state index contributed by atoms with van der Waals surface area (Å²) in [7, 11) is 3.91. The second-order valence-corrected chi connectivity index (χ2v) is 11.0. The van der Waals surface area contributed by atoms with Crippen molar-refractivity contribution in [2.45, 2.75) is 25.9 Å². The highest BCUT2D eigenvalue weighted by Crippen LogP contribution is 2.42. The van der Waals surface area contributed by atoms with Crippen LogP contribution < -0.4 is 20.0 Å². The van der Waals surface area contributed by atoms with Crippen LogP contribution in [0, 0.1) is 6.92 Å². The highest BCUT2D eigenvalue weighted by Gasteiger charge is 2.39. The highest BCUT2D eigenvalue weighted by atomic mass is 16.2. The van der Waals surface area contributed by atoms with Crippen LogP contribution in [0.4, 0.5) is 33.6 Å². The van der Waals surface area contributed by atoms with Crippen molar-refractivity contribution in [2.24, 2.45) is 0 Å². The summed E-state index contributed by atoms with van der Waals surface area (Å²) in [5.74, 6) is 0.914. The Hall–Kier alpha value is -4.44. The number of fused-ring (bicyclic) bond motifs is 2. The molecule has 10 nitrogen and oxygen atoms in total. The quantitative estimate of drug-likeness (QED) is 0.472. The van der Waals surface area contributed by atoms with E-state index in [1.54, 1.807) is 23.0 Å². The molecular formula is C31H36N8O2. The lowest BCUT2D eigenvalue weighted by Crippen LogP contribution is -2.49. The van der Waals surface area contributed by atoms with Gasteiger partial charge in [-0.3, -0.25) is 9.69 Å². The SMILES string of the molecule is C=CC(=O)N1CC[C@H](N2Cc3cnc(Nc4ccc(N5CCN(C)CC5)cc4)nc3N(C)C2=O)c2cccc(C)c21. The normalized spacial score (nSPS) is 19.1. The Morgan fingerprint density at radius 2 is 1.80 bits per heavy atom. The number of piperazine rings is 1. The number of para-hydroxylation sites is 1. The molecule has 41 heavy (non-hydrogen) atoms. The Labute approximate surface area is 240 Å². The fourth-order valence-corrected chi connectivity index (χ4v) is 6.08. The average Bonchev–Trinajstić information content (AvgIpc) is 2.99. The minimum Gasteiger partial charge on any atom is -0.369 e. The van der Waals surface area contributed by atoms with Gasteiger partial charge < -0.3 is 24.9 Å². The van der Waals surface area contributed by atoms with E-state index < -0.39 is 0 Å². The maximum Gasteiger partial charge on any atom is 0.326 e. The van der Waals surface area contributed by atoms with Crippen LogP contribution in [0.15, 0.2) is 61.3 Å². The van der Waals surface area contributed by atoms with Gasteiger partial charge in [0.15, 0.2) is 0 Å². The first-order valence-electron chi connectivity index (χ1n) is 14.1. The molecule has 0 spiro atoms. The van der Waals surface area contributed by atoms with Crippen LogP contribution in [0.25, 0.3) is 0 Å². The predicted molar refractivity (Wildman–Crippen MR) is 162 cm³/mol. The lowest BCUT2D eigenvalue weighted by atomic mass is 9.91. The van der Waals surface area contributed by atoms with Crippen molar-refractivity contribution in [3.05, 3.63) is 78.0 Å². The van der Waals surface area contributed by atoms with Crippen molar-refractivity contribution in [1.29, 1.82) is 0 Å². The Balaban J connectivity index is 1.21. The third kappa shape index (κ3) is 4.99. The third-order valence-electron chi connectivity index (χ3n) is 8.37. The number of urea groups is 1. The van der Waals surface area contributed by atoms with Gasteiger partial charge in [0.05, 0.1) is 18.3 Å². The van der Waals surface area contributed by atoms with Crippen LogP contribution >= 0.6 is 0 Å². The number of benzene rings is 2. The molecule has 1 atom stereocenters. The molecule has 1 N–H and O–H groups in total. The number of aromatic nitrogens is 2. The van der Waals surface area contributed by atoms with E-state index in [9.17, 15) is 9.59 Å². The average molecular weight is 553 g/mol. The molecule has 3 amide bonds. The zero-order valence-corrected chi connectivity index (χ0v) is 23.9. The monoisotopic (exact) mass is 552 g/mol. The van der Waals surface area contributed by atoms with Gasteiger partial charge in [-0.25, -0.2) is 9.78 Å². The molecule has 10 heteroatoms. The van der Waals surface area contributed by atoms with Crippen LogP contribution in [0.2, 0.25) is 0 Å². The molecule has 0 saturated carbocycles. The largest absolute Gasteiger partial charge is 0.369 e. The van der Waals surface area contributed by atoms with Gasteiger partial charge in [0, 0.05) is 62.9 Å². The highest BCUT2D eigenvalue weighted by molar-refractivity contribution is 6.03. The summed E-state index contributed by atoms with van der Waals surface area (Å²) in [5, 5.41) is 3.30. The van der Waals surface area contributed by atoms with E-state index in [1.165, 1.54) is 11.8 Å². The number of carbonyl (C=O) groups is 2. The number of hydrogen-bond acceptors (Lipinski definition) is 7. The van der Waals surface area contributed by atoms with Crippen molar-refractivity contribution >= 4 is 40.8 Å². The number of anilines is 5. The van der Waals surface area contributed by atoms with Crippen LogP contribution in [0.5, 0.6) is 0 Å². The molecule has 3 aromatic rings. The summed E-state index contributed by atoms with van der Waals surface area (Å²) in [5.41, 5.74) is 5.80. The van der Waals surface area contributed by atoms with E-state index in [0.717, 1.165) is 54.2 Å². The van der Waals surface area contributed by atoms with Crippen molar-refractivity contribution < 1.29 is 9.59 Å². The second-order valence-electron chi connectivity index (χ2n) is 11.0. The van der Waals surface area contributed by atoms with Gasteiger partial charge in [-0.15, -0.1) is 0 Å². The van der Waals surface area contributed by atoms with Crippen LogP contribution in [0.1, 0.15) is 29.2 Å². The number of amides is 3. The molecule has 0 radical (unpaired) electrons. The van der Waals surface area contributed by atoms with Gasteiger partial charge in [-0.2, -0.15) is 4.98 Å². The maximum atomic E-state index is 13.7.